The van der Waals surface area contributed by atoms with Crippen LogP contribution in [0.5, 0.6) is 0 Å². The molecule has 0 unspecified atom stereocenters. The first-order valence-corrected chi connectivity index (χ1v) is 6.00. The van der Waals surface area contributed by atoms with Crippen molar-refractivity contribution in [1.82, 2.24) is 14.8 Å². The van der Waals surface area contributed by atoms with Crippen LogP contribution >= 0.6 is 0 Å². The van der Waals surface area contributed by atoms with Crippen LogP contribution in [-0.2, 0) is 7.05 Å². The average Bonchev–Trinajstić information content (AvgIpc) is 2.67. The zero-order valence-electron chi connectivity index (χ0n) is 10.8. The molecule has 2 aromatic heterocycles. The molecule has 3 aromatic rings. The molecule has 0 spiro atoms. The highest BCUT2D eigenvalue weighted by Crippen LogP contribution is 2.26. The number of fused-ring (bicyclic) bond motifs is 1. The summed E-state index contributed by atoms with van der Waals surface area (Å²) in [5.41, 5.74) is 5.67. The topological polar surface area (TPSA) is 30.7 Å². The molecule has 3 nitrogen and oxygen atoms in total. The van der Waals surface area contributed by atoms with Gasteiger partial charge in [-0.05, 0) is 49.2 Å². The number of benzene rings is 1. The van der Waals surface area contributed by atoms with E-state index in [1.54, 1.807) is 0 Å². The smallest absolute Gasteiger partial charge is 0.0926 e. The van der Waals surface area contributed by atoms with Crippen molar-refractivity contribution in [3.63, 3.8) is 0 Å². The number of hydrogen-bond acceptors (Lipinski definition) is 2. The van der Waals surface area contributed by atoms with Gasteiger partial charge in [-0.1, -0.05) is 0 Å². The first-order chi connectivity index (χ1) is 8.63. The molecule has 0 aliphatic rings. The Bertz CT molecular complexity index is 726. The lowest BCUT2D eigenvalue weighted by molar-refractivity contribution is 0.779. The van der Waals surface area contributed by atoms with Crippen LogP contribution in [0.4, 0.5) is 0 Å². The SMILES string of the molecule is Cc1ccnc(-c2cc3cn(C)nc3cc2C)c1. The van der Waals surface area contributed by atoms with Crippen molar-refractivity contribution in [2.75, 3.05) is 0 Å². The van der Waals surface area contributed by atoms with Crippen molar-refractivity contribution in [2.45, 2.75) is 13.8 Å². The van der Waals surface area contributed by atoms with E-state index in [2.05, 4.69) is 42.1 Å². The van der Waals surface area contributed by atoms with Crippen LogP contribution in [0.15, 0.2) is 36.7 Å². The molecular weight excluding hydrogens is 222 g/mol. The summed E-state index contributed by atoms with van der Waals surface area (Å²) in [6, 6.07) is 8.42. The summed E-state index contributed by atoms with van der Waals surface area (Å²) in [5, 5.41) is 5.58. The Hall–Kier alpha value is -2.16. The first kappa shape index (κ1) is 11.0. The summed E-state index contributed by atoms with van der Waals surface area (Å²) in [4.78, 5) is 4.46. The van der Waals surface area contributed by atoms with E-state index < -0.39 is 0 Å². The van der Waals surface area contributed by atoms with Crippen LogP contribution in [0.1, 0.15) is 11.1 Å². The molecule has 0 radical (unpaired) electrons. The molecule has 2 heterocycles. The molecule has 1 aromatic carbocycles. The van der Waals surface area contributed by atoms with Gasteiger partial charge in [0.15, 0.2) is 0 Å². The molecule has 0 bridgehead atoms. The van der Waals surface area contributed by atoms with Crippen LogP contribution in [0.3, 0.4) is 0 Å². The van der Waals surface area contributed by atoms with Crippen molar-refractivity contribution < 1.29 is 0 Å². The molecule has 0 aliphatic heterocycles. The molecule has 3 heteroatoms. The number of nitrogens with zero attached hydrogens (tertiary/aromatic N) is 3. The molecule has 0 saturated carbocycles. The van der Waals surface area contributed by atoms with Gasteiger partial charge in [0, 0.05) is 30.4 Å². The molecule has 0 fully saturated rings. The third-order valence-electron chi connectivity index (χ3n) is 3.16. The normalized spacial score (nSPS) is 11.1. The highest BCUT2D eigenvalue weighted by atomic mass is 15.2. The van der Waals surface area contributed by atoms with Crippen molar-refractivity contribution in [1.29, 1.82) is 0 Å². The number of pyridine rings is 1. The van der Waals surface area contributed by atoms with Crippen LogP contribution in [0.25, 0.3) is 22.2 Å². The molecule has 0 amide bonds. The number of hydrogen-bond donors (Lipinski definition) is 0. The zero-order chi connectivity index (χ0) is 12.7. The molecule has 0 saturated heterocycles. The fourth-order valence-electron chi connectivity index (χ4n) is 2.26. The predicted octanol–water partition coefficient (Wildman–Crippen LogP) is 3.25. The quantitative estimate of drug-likeness (QED) is 0.650. The van der Waals surface area contributed by atoms with Gasteiger partial charge in [0.25, 0.3) is 0 Å². The minimum Gasteiger partial charge on any atom is -0.275 e. The number of rotatable bonds is 1. The summed E-state index contributed by atoms with van der Waals surface area (Å²) in [6.07, 6.45) is 3.89. The van der Waals surface area contributed by atoms with Crippen LogP contribution < -0.4 is 0 Å². The fourth-order valence-corrected chi connectivity index (χ4v) is 2.26. The summed E-state index contributed by atoms with van der Waals surface area (Å²) < 4.78 is 1.84. The van der Waals surface area contributed by atoms with E-state index in [0.717, 1.165) is 16.6 Å². The van der Waals surface area contributed by atoms with Gasteiger partial charge in [-0.15, -0.1) is 0 Å². The fraction of sp³-hybridized carbons (Fsp3) is 0.200. The zero-order valence-corrected chi connectivity index (χ0v) is 10.8. The van der Waals surface area contributed by atoms with Gasteiger partial charge in [0.1, 0.15) is 0 Å². The third kappa shape index (κ3) is 1.78. The predicted molar refractivity (Wildman–Crippen MR) is 73.4 cm³/mol. The Kier molecular flexibility index (Phi) is 2.40. The van der Waals surface area contributed by atoms with E-state index in [1.165, 1.54) is 16.7 Å². The third-order valence-corrected chi connectivity index (χ3v) is 3.16. The molecule has 0 atom stereocenters. The summed E-state index contributed by atoms with van der Waals surface area (Å²) >= 11 is 0. The van der Waals surface area contributed by atoms with Crippen molar-refractivity contribution in [3.8, 4) is 11.3 Å². The van der Waals surface area contributed by atoms with Crippen molar-refractivity contribution in [3.05, 3.63) is 47.8 Å². The lowest BCUT2D eigenvalue weighted by Gasteiger charge is -2.06. The summed E-state index contributed by atoms with van der Waals surface area (Å²) in [7, 11) is 1.94. The molecular formula is C15H15N3. The second kappa shape index (κ2) is 3.95. The first-order valence-electron chi connectivity index (χ1n) is 6.00. The van der Waals surface area contributed by atoms with Gasteiger partial charge in [-0.25, -0.2) is 0 Å². The van der Waals surface area contributed by atoms with Crippen molar-refractivity contribution in [2.24, 2.45) is 7.05 Å². The lowest BCUT2D eigenvalue weighted by Crippen LogP contribution is -1.88. The molecule has 18 heavy (non-hydrogen) atoms. The minimum absolute atomic E-state index is 1.03. The van der Waals surface area contributed by atoms with Gasteiger partial charge in [-0.3, -0.25) is 9.67 Å². The Morgan fingerprint density at radius 2 is 1.94 bits per heavy atom. The van der Waals surface area contributed by atoms with E-state index in [9.17, 15) is 0 Å². The molecule has 0 aliphatic carbocycles. The van der Waals surface area contributed by atoms with Gasteiger partial charge < -0.3 is 0 Å². The Morgan fingerprint density at radius 1 is 1.11 bits per heavy atom. The van der Waals surface area contributed by atoms with E-state index >= 15 is 0 Å². The van der Waals surface area contributed by atoms with Crippen molar-refractivity contribution >= 4 is 10.9 Å². The van der Waals surface area contributed by atoms with Crippen LogP contribution in [-0.4, -0.2) is 14.8 Å². The second-order valence-electron chi connectivity index (χ2n) is 4.75. The van der Waals surface area contributed by atoms with Gasteiger partial charge in [0.05, 0.1) is 11.2 Å². The van der Waals surface area contributed by atoms with Crippen LogP contribution in [0, 0.1) is 13.8 Å². The summed E-state index contributed by atoms with van der Waals surface area (Å²) in [6.45, 7) is 4.19. The van der Waals surface area contributed by atoms with Gasteiger partial charge in [-0.2, -0.15) is 5.10 Å². The maximum absolute atomic E-state index is 4.46. The maximum Gasteiger partial charge on any atom is 0.0926 e. The maximum atomic E-state index is 4.46. The molecule has 3 rings (SSSR count). The summed E-state index contributed by atoms with van der Waals surface area (Å²) in [5.74, 6) is 0. The average molecular weight is 237 g/mol. The Labute approximate surface area is 106 Å². The van der Waals surface area contributed by atoms with Gasteiger partial charge in [0.2, 0.25) is 0 Å². The second-order valence-corrected chi connectivity index (χ2v) is 4.75. The Morgan fingerprint density at radius 3 is 2.72 bits per heavy atom. The van der Waals surface area contributed by atoms with Gasteiger partial charge >= 0.3 is 0 Å². The van der Waals surface area contributed by atoms with E-state index in [1.807, 2.05) is 30.2 Å². The molecule has 90 valence electrons. The van der Waals surface area contributed by atoms with E-state index in [4.69, 9.17) is 0 Å². The number of aromatic nitrogens is 3. The van der Waals surface area contributed by atoms with E-state index in [0.29, 0.717) is 0 Å². The lowest BCUT2D eigenvalue weighted by atomic mass is 10.0. The highest BCUT2D eigenvalue weighted by Gasteiger charge is 2.07. The highest BCUT2D eigenvalue weighted by molar-refractivity contribution is 5.85. The van der Waals surface area contributed by atoms with Crippen LogP contribution in [0.2, 0.25) is 0 Å². The standard InChI is InChI=1S/C15H15N3/c1-10-4-5-16-15(6-10)13-8-12-9-18(3)17-14(12)7-11(13)2/h4-9H,1-3H3. The molecule has 0 N–H and O–H groups in total. The minimum atomic E-state index is 1.03. The van der Waals surface area contributed by atoms with E-state index in [-0.39, 0.29) is 0 Å². The monoisotopic (exact) mass is 237 g/mol. The Balaban J connectivity index is 2.25. The largest absolute Gasteiger partial charge is 0.275 e. The number of aryl methyl sites for hydroxylation is 3.